The van der Waals surface area contributed by atoms with Crippen molar-refractivity contribution < 1.29 is 13.3 Å². The molecule has 0 radical (unpaired) electrons. The van der Waals surface area contributed by atoms with Gasteiger partial charge in [-0.2, -0.15) is 0 Å². The van der Waals surface area contributed by atoms with E-state index >= 15 is 0 Å². The van der Waals surface area contributed by atoms with Gasteiger partial charge in [0.25, 0.3) is 5.69 Å². The first-order valence-electron chi connectivity index (χ1n) is 7.69. The van der Waals surface area contributed by atoms with Crippen molar-refractivity contribution in [3.05, 3.63) is 63.7 Å². The number of non-ortho nitro benzene ring substituents is 1. The number of benzene rings is 2. The Morgan fingerprint density at radius 1 is 1.21 bits per heavy atom. The molecule has 7 heteroatoms. The first-order chi connectivity index (χ1) is 11.4. The third-order valence-corrected chi connectivity index (χ3v) is 6.07. The fourth-order valence-corrected chi connectivity index (χ4v) is 4.64. The summed E-state index contributed by atoms with van der Waals surface area (Å²) >= 11 is 0. The maximum Gasteiger partial charge on any atom is 0.270 e. The Balaban J connectivity index is 1.64. The Kier molecular flexibility index (Phi) is 3.18. The zero-order valence-corrected chi connectivity index (χ0v) is 13.8. The highest BCUT2D eigenvalue weighted by Crippen LogP contribution is 2.57. The van der Waals surface area contributed by atoms with E-state index in [2.05, 4.69) is 17.4 Å². The fourth-order valence-electron chi connectivity index (χ4n) is 3.78. The zero-order valence-electron chi connectivity index (χ0n) is 13.0. The number of hydrogen-bond acceptors (Lipinski definition) is 5. The number of nitro benzene ring substituents is 1. The van der Waals surface area contributed by atoms with Crippen LogP contribution in [0.4, 0.5) is 11.4 Å². The van der Waals surface area contributed by atoms with E-state index in [1.807, 2.05) is 12.1 Å². The minimum Gasteiger partial charge on any atom is -0.380 e. The van der Waals surface area contributed by atoms with Crippen LogP contribution in [0.1, 0.15) is 17.0 Å². The number of fused-ring (bicyclic) bond motifs is 3. The fraction of sp³-hybridized carbons (Fsp3) is 0.294. The van der Waals surface area contributed by atoms with E-state index in [1.54, 1.807) is 0 Å². The Labute approximate surface area is 139 Å². The van der Waals surface area contributed by atoms with Crippen LogP contribution in [-0.4, -0.2) is 25.6 Å². The van der Waals surface area contributed by atoms with Gasteiger partial charge in [-0.05, 0) is 29.5 Å². The summed E-state index contributed by atoms with van der Waals surface area (Å²) in [4.78, 5) is 10.3. The first-order valence-corrected chi connectivity index (χ1v) is 9.58. The second-order valence-corrected chi connectivity index (χ2v) is 8.46. The van der Waals surface area contributed by atoms with E-state index in [9.17, 15) is 18.5 Å². The molecule has 3 atom stereocenters. The van der Waals surface area contributed by atoms with Crippen molar-refractivity contribution >= 4 is 21.2 Å². The van der Waals surface area contributed by atoms with Crippen LogP contribution in [0.2, 0.25) is 0 Å². The molecule has 0 bridgehead atoms. The van der Waals surface area contributed by atoms with Gasteiger partial charge in [-0.3, -0.25) is 10.1 Å². The summed E-state index contributed by atoms with van der Waals surface area (Å²) in [5.41, 5.74) is 2.91. The summed E-state index contributed by atoms with van der Waals surface area (Å²) < 4.78 is 24.0. The monoisotopic (exact) mass is 344 g/mol. The molecule has 0 amide bonds. The molecule has 1 saturated carbocycles. The van der Waals surface area contributed by atoms with Gasteiger partial charge in [-0.1, -0.05) is 24.3 Å². The third kappa shape index (κ3) is 2.36. The van der Waals surface area contributed by atoms with E-state index in [0.717, 1.165) is 18.7 Å². The van der Waals surface area contributed by atoms with Crippen molar-refractivity contribution in [2.24, 2.45) is 5.92 Å². The molecule has 1 fully saturated rings. The summed E-state index contributed by atoms with van der Waals surface area (Å²) in [5, 5.41) is 14.2. The smallest absolute Gasteiger partial charge is 0.270 e. The van der Waals surface area contributed by atoms with Gasteiger partial charge in [-0.25, -0.2) is 8.42 Å². The molecule has 6 nitrogen and oxygen atoms in total. The van der Waals surface area contributed by atoms with Crippen LogP contribution in [-0.2, 0) is 16.3 Å². The number of sulfone groups is 1. The van der Waals surface area contributed by atoms with Crippen molar-refractivity contribution in [3.63, 3.8) is 0 Å². The van der Waals surface area contributed by atoms with Crippen molar-refractivity contribution in [3.8, 4) is 0 Å². The van der Waals surface area contributed by atoms with E-state index in [0.29, 0.717) is 17.5 Å². The SMILES string of the molecule is CS(=O)(=O)c1cc([N+](=O)[O-])ccc1N[C@@H]1[C@@H]2Cc3ccccc3[C@@H]21. The zero-order chi connectivity index (χ0) is 17.1. The molecule has 0 unspecified atom stereocenters. The summed E-state index contributed by atoms with van der Waals surface area (Å²) in [6.07, 6.45) is 2.06. The highest BCUT2D eigenvalue weighted by Gasteiger charge is 2.55. The first kappa shape index (κ1) is 15.1. The minimum absolute atomic E-state index is 0.0186. The lowest BCUT2D eigenvalue weighted by Crippen LogP contribution is -2.13. The molecule has 24 heavy (non-hydrogen) atoms. The Morgan fingerprint density at radius 3 is 2.67 bits per heavy atom. The molecule has 2 aromatic rings. The molecule has 124 valence electrons. The lowest BCUT2D eigenvalue weighted by molar-refractivity contribution is -0.385. The quantitative estimate of drug-likeness (QED) is 0.680. The minimum atomic E-state index is -3.56. The van der Waals surface area contributed by atoms with Gasteiger partial charge in [0, 0.05) is 30.3 Å². The van der Waals surface area contributed by atoms with Crippen LogP contribution in [0, 0.1) is 16.0 Å². The second-order valence-electron chi connectivity index (χ2n) is 6.47. The van der Waals surface area contributed by atoms with Crippen LogP contribution in [0.3, 0.4) is 0 Å². The molecule has 0 saturated heterocycles. The molecule has 2 aromatic carbocycles. The van der Waals surface area contributed by atoms with Crippen LogP contribution < -0.4 is 5.32 Å². The number of nitrogens with one attached hydrogen (secondary N) is 1. The van der Waals surface area contributed by atoms with E-state index in [-0.39, 0.29) is 16.6 Å². The van der Waals surface area contributed by atoms with E-state index in [1.165, 1.54) is 23.3 Å². The van der Waals surface area contributed by atoms with Gasteiger partial charge in [0.1, 0.15) is 0 Å². The van der Waals surface area contributed by atoms with E-state index < -0.39 is 14.8 Å². The summed E-state index contributed by atoms with van der Waals surface area (Å²) in [7, 11) is -3.56. The second kappa shape index (κ2) is 5.04. The molecule has 4 rings (SSSR count). The van der Waals surface area contributed by atoms with Gasteiger partial charge in [0.05, 0.1) is 15.5 Å². The van der Waals surface area contributed by atoms with E-state index in [4.69, 9.17) is 0 Å². The van der Waals surface area contributed by atoms with Crippen LogP contribution >= 0.6 is 0 Å². The van der Waals surface area contributed by atoms with Crippen LogP contribution in [0.15, 0.2) is 47.4 Å². The van der Waals surface area contributed by atoms with Gasteiger partial charge < -0.3 is 5.32 Å². The van der Waals surface area contributed by atoms with Gasteiger partial charge in [-0.15, -0.1) is 0 Å². The molecule has 0 heterocycles. The standard InChI is InChI=1S/C17H16N2O4S/c1-24(22,23)15-9-11(19(20)21)6-7-14(15)18-17-13-8-10-4-2-3-5-12(10)16(13)17/h2-7,9,13,16-18H,8H2,1H3/t13-,16+,17-/m1/s1. The third-order valence-electron chi connectivity index (χ3n) is 4.94. The van der Waals surface area contributed by atoms with Crippen molar-refractivity contribution in [1.29, 1.82) is 0 Å². The summed E-state index contributed by atoms with van der Waals surface area (Å²) in [5.74, 6) is 0.855. The number of rotatable bonds is 4. The molecule has 1 N–H and O–H groups in total. The summed E-state index contributed by atoms with van der Waals surface area (Å²) in [6.45, 7) is 0. The highest BCUT2D eigenvalue weighted by atomic mass is 32.2. The summed E-state index contributed by atoms with van der Waals surface area (Å²) in [6, 6.07) is 12.4. The lowest BCUT2D eigenvalue weighted by atomic mass is 10.1. The Morgan fingerprint density at radius 2 is 1.96 bits per heavy atom. The molecule has 2 aliphatic carbocycles. The predicted molar refractivity (Wildman–Crippen MR) is 90.0 cm³/mol. The molecular weight excluding hydrogens is 328 g/mol. The molecule has 0 spiro atoms. The largest absolute Gasteiger partial charge is 0.380 e. The molecular formula is C17H16N2O4S. The van der Waals surface area contributed by atoms with Gasteiger partial charge in [0.15, 0.2) is 9.84 Å². The molecule has 0 aromatic heterocycles. The predicted octanol–water partition coefficient (Wildman–Crippen LogP) is 2.75. The topological polar surface area (TPSA) is 89.3 Å². The van der Waals surface area contributed by atoms with Crippen LogP contribution in [0.5, 0.6) is 0 Å². The number of nitro groups is 1. The van der Waals surface area contributed by atoms with Crippen molar-refractivity contribution in [2.45, 2.75) is 23.3 Å². The Hall–Kier alpha value is -2.41. The van der Waals surface area contributed by atoms with Crippen molar-refractivity contribution in [1.82, 2.24) is 0 Å². The van der Waals surface area contributed by atoms with Crippen LogP contribution in [0.25, 0.3) is 0 Å². The van der Waals surface area contributed by atoms with Gasteiger partial charge in [0.2, 0.25) is 0 Å². The maximum atomic E-state index is 12.0. The highest BCUT2D eigenvalue weighted by molar-refractivity contribution is 7.90. The number of hydrogen-bond donors (Lipinski definition) is 1. The Bertz CT molecular complexity index is 955. The maximum absolute atomic E-state index is 12.0. The molecule has 2 aliphatic rings. The van der Waals surface area contributed by atoms with Gasteiger partial charge >= 0.3 is 0 Å². The average Bonchev–Trinajstić information content (AvgIpc) is 3.03. The lowest BCUT2D eigenvalue weighted by Gasteiger charge is -2.13. The molecule has 0 aliphatic heterocycles. The number of anilines is 1. The number of nitrogens with zero attached hydrogens (tertiary/aromatic N) is 1. The van der Waals surface area contributed by atoms with Crippen molar-refractivity contribution in [2.75, 3.05) is 11.6 Å². The average molecular weight is 344 g/mol. The normalized spacial score (nSPS) is 24.1.